The van der Waals surface area contributed by atoms with Gasteiger partial charge in [0.2, 0.25) is 0 Å². The molecule has 0 radical (unpaired) electrons. The van der Waals surface area contributed by atoms with Gasteiger partial charge in [-0.2, -0.15) is 0 Å². The summed E-state index contributed by atoms with van der Waals surface area (Å²) >= 11 is 0. The summed E-state index contributed by atoms with van der Waals surface area (Å²) in [7, 11) is 0. The number of hydrogen-bond acceptors (Lipinski definition) is 7. The predicted molar refractivity (Wildman–Crippen MR) is 137 cm³/mol. The summed E-state index contributed by atoms with van der Waals surface area (Å²) < 4.78 is 24.7. The van der Waals surface area contributed by atoms with E-state index in [2.05, 4.69) is 5.32 Å². The summed E-state index contributed by atoms with van der Waals surface area (Å²) in [6.45, 7) is 4.12. The van der Waals surface area contributed by atoms with Gasteiger partial charge in [0.05, 0.1) is 16.6 Å². The van der Waals surface area contributed by atoms with Crippen molar-refractivity contribution in [1.29, 1.82) is 0 Å². The Morgan fingerprint density at radius 3 is 2.58 bits per heavy atom. The van der Waals surface area contributed by atoms with Gasteiger partial charge in [0, 0.05) is 47.5 Å². The van der Waals surface area contributed by atoms with Crippen molar-refractivity contribution in [2.24, 2.45) is 0 Å². The summed E-state index contributed by atoms with van der Waals surface area (Å²) in [4.78, 5) is 38.4. The number of nitrogens with one attached hydrogen (secondary N) is 1. The summed E-state index contributed by atoms with van der Waals surface area (Å²) in [5.74, 6) is -2.08. The molecule has 3 atom stereocenters. The van der Waals surface area contributed by atoms with E-state index in [9.17, 15) is 24.1 Å². The fourth-order valence-electron chi connectivity index (χ4n) is 5.64. The Labute approximate surface area is 219 Å². The Kier molecular flexibility index (Phi) is 7.12. The molecule has 8 nitrogen and oxygen atoms in total. The van der Waals surface area contributed by atoms with E-state index in [-0.39, 0.29) is 47.9 Å². The first kappa shape index (κ1) is 25.8. The Morgan fingerprint density at radius 1 is 1.16 bits per heavy atom. The second kappa shape index (κ2) is 10.5. The molecule has 38 heavy (non-hydrogen) atoms. The van der Waals surface area contributed by atoms with Crippen LogP contribution in [0, 0.1) is 22.9 Å². The lowest BCUT2D eigenvalue weighted by Gasteiger charge is -2.36. The molecular weight excluding hydrogens is 491 g/mol. The third kappa shape index (κ3) is 4.98. The van der Waals surface area contributed by atoms with Crippen LogP contribution in [-0.4, -0.2) is 36.0 Å². The number of nitro groups is 1. The lowest BCUT2D eigenvalue weighted by atomic mass is 9.71. The molecule has 198 valence electrons. The van der Waals surface area contributed by atoms with E-state index in [1.54, 1.807) is 38.1 Å². The maximum atomic E-state index is 13.7. The second-order valence-corrected chi connectivity index (χ2v) is 10.1. The van der Waals surface area contributed by atoms with Crippen LogP contribution in [-0.2, 0) is 19.1 Å². The molecule has 1 N–H and O–H groups in total. The van der Waals surface area contributed by atoms with E-state index >= 15 is 0 Å². The molecule has 0 amide bonds. The highest BCUT2D eigenvalue weighted by atomic mass is 19.1. The van der Waals surface area contributed by atoms with Gasteiger partial charge in [-0.05, 0) is 62.3 Å². The van der Waals surface area contributed by atoms with Gasteiger partial charge in [0.15, 0.2) is 5.78 Å². The largest absolute Gasteiger partial charge is 0.459 e. The van der Waals surface area contributed by atoms with E-state index in [0.29, 0.717) is 41.1 Å². The third-order valence-corrected chi connectivity index (χ3v) is 7.58. The van der Waals surface area contributed by atoms with Crippen molar-refractivity contribution in [3.8, 4) is 0 Å². The van der Waals surface area contributed by atoms with E-state index in [0.717, 1.165) is 18.4 Å². The van der Waals surface area contributed by atoms with Crippen molar-refractivity contribution >= 4 is 17.4 Å². The number of benzene rings is 2. The number of allylic oxidation sites excluding steroid dienone is 3. The molecule has 0 saturated carbocycles. The van der Waals surface area contributed by atoms with Crippen LogP contribution in [0.25, 0.3) is 0 Å². The average molecular weight is 521 g/mol. The van der Waals surface area contributed by atoms with Gasteiger partial charge in [0.25, 0.3) is 5.69 Å². The van der Waals surface area contributed by atoms with Crippen LogP contribution in [0.4, 0.5) is 10.1 Å². The van der Waals surface area contributed by atoms with Crippen LogP contribution in [0.3, 0.4) is 0 Å². The number of aryl methyl sites for hydroxylation is 1. The van der Waals surface area contributed by atoms with E-state index in [4.69, 9.17) is 9.47 Å². The summed E-state index contributed by atoms with van der Waals surface area (Å²) in [6, 6.07) is 10.9. The maximum absolute atomic E-state index is 13.7. The Bertz CT molecular complexity index is 1360. The quantitative estimate of drug-likeness (QED) is 0.320. The number of nitrogens with zero attached hydrogens (tertiary/aromatic N) is 1. The van der Waals surface area contributed by atoms with Crippen molar-refractivity contribution < 1.29 is 28.4 Å². The van der Waals surface area contributed by atoms with Crippen LogP contribution in [0.1, 0.15) is 61.1 Å². The number of rotatable bonds is 6. The van der Waals surface area contributed by atoms with Crippen LogP contribution in [0.15, 0.2) is 65.0 Å². The first-order valence-electron chi connectivity index (χ1n) is 12.8. The number of Topliss-reactive ketones (excluding diaryl/α,β-unsaturated/α-hetero) is 1. The fourth-order valence-corrected chi connectivity index (χ4v) is 5.64. The molecule has 1 fully saturated rings. The molecule has 5 rings (SSSR count). The molecule has 9 heteroatoms. The van der Waals surface area contributed by atoms with Crippen LogP contribution >= 0.6 is 0 Å². The number of dihydropyridines is 1. The highest BCUT2D eigenvalue weighted by Gasteiger charge is 2.42. The Balaban J connectivity index is 1.55. The van der Waals surface area contributed by atoms with Gasteiger partial charge in [-0.3, -0.25) is 14.9 Å². The second-order valence-electron chi connectivity index (χ2n) is 10.1. The summed E-state index contributed by atoms with van der Waals surface area (Å²) in [5.41, 5.74) is 3.59. The zero-order valence-electron chi connectivity index (χ0n) is 21.3. The number of ketones is 1. The first-order chi connectivity index (χ1) is 18.2. The standard InChI is InChI=1S/C29H29FN2O6/c1-16-5-6-19(13-24(16)32(35)36)27-26(29(34)38-15-22-4-3-11-37-22)17(2)31-23-12-20(14-25(33)28(23)27)18-7-9-21(30)10-8-18/h5-10,13,20,22,27,31H,3-4,11-12,14-15H2,1-2H3/t20-,22-,27-/m0/s1. The van der Waals surface area contributed by atoms with Gasteiger partial charge in [-0.15, -0.1) is 0 Å². The van der Waals surface area contributed by atoms with Gasteiger partial charge >= 0.3 is 5.97 Å². The molecule has 0 aromatic heterocycles. The van der Waals surface area contributed by atoms with E-state index < -0.39 is 16.8 Å². The van der Waals surface area contributed by atoms with Crippen molar-refractivity contribution in [1.82, 2.24) is 5.32 Å². The topological polar surface area (TPSA) is 108 Å². The van der Waals surface area contributed by atoms with Crippen LogP contribution in [0.2, 0.25) is 0 Å². The zero-order valence-corrected chi connectivity index (χ0v) is 21.3. The number of esters is 1. The van der Waals surface area contributed by atoms with Gasteiger partial charge < -0.3 is 14.8 Å². The molecule has 0 unspecified atom stereocenters. The van der Waals surface area contributed by atoms with E-state index in [1.807, 2.05) is 0 Å². The van der Waals surface area contributed by atoms with Crippen molar-refractivity contribution in [2.45, 2.75) is 57.5 Å². The number of carbonyl (C=O) groups is 2. The molecule has 2 aromatic carbocycles. The predicted octanol–water partition coefficient (Wildman–Crippen LogP) is 5.13. The molecule has 1 aliphatic carbocycles. The number of ether oxygens (including phenoxy) is 2. The minimum atomic E-state index is -0.816. The fraction of sp³-hybridized carbons (Fsp3) is 0.379. The number of hydrogen-bond donors (Lipinski definition) is 1. The SMILES string of the molecule is CC1=C(C(=O)OC[C@@H]2CCCO2)[C@H](c2ccc(C)c([N+](=O)[O-])c2)C2=C(C[C@H](c3ccc(F)cc3)CC2=O)N1. The highest BCUT2D eigenvalue weighted by Crippen LogP contribution is 2.46. The normalized spacial score (nSPS) is 23.2. The lowest BCUT2D eigenvalue weighted by molar-refractivity contribution is -0.385. The zero-order chi connectivity index (χ0) is 27.0. The molecule has 2 aliphatic heterocycles. The lowest BCUT2D eigenvalue weighted by Crippen LogP contribution is -2.36. The van der Waals surface area contributed by atoms with Crippen LogP contribution < -0.4 is 5.32 Å². The smallest absolute Gasteiger partial charge is 0.336 e. The Morgan fingerprint density at radius 2 is 1.89 bits per heavy atom. The van der Waals surface area contributed by atoms with E-state index in [1.165, 1.54) is 18.2 Å². The van der Waals surface area contributed by atoms with Crippen molar-refractivity contribution in [3.63, 3.8) is 0 Å². The van der Waals surface area contributed by atoms with Crippen molar-refractivity contribution in [2.75, 3.05) is 13.2 Å². The third-order valence-electron chi connectivity index (χ3n) is 7.58. The van der Waals surface area contributed by atoms with Gasteiger partial charge in [0.1, 0.15) is 12.4 Å². The first-order valence-corrected chi connectivity index (χ1v) is 12.8. The van der Waals surface area contributed by atoms with Gasteiger partial charge in [-0.1, -0.05) is 24.3 Å². The molecule has 0 bridgehead atoms. The number of nitro benzene ring substituents is 1. The maximum Gasteiger partial charge on any atom is 0.336 e. The molecule has 2 aromatic rings. The van der Waals surface area contributed by atoms with Crippen LogP contribution in [0.5, 0.6) is 0 Å². The molecule has 0 spiro atoms. The highest BCUT2D eigenvalue weighted by molar-refractivity contribution is 6.04. The van der Waals surface area contributed by atoms with Crippen molar-refractivity contribution in [3.05, 3.63) is 97.6 Å². The molecule has 3 aliphatic rings. The Hall–Kier alpha value is -3.85. The van der Waals surface area contributed by atoms with Gasteiger partial charge in [-0.25, -0.2) is 9.18 Å². The minimum absolute atomic E-state index is 0.0830. The molecule has 2 heterocycles. The number of carbonyl (C=O) groups excluding carboxylic acids is 2. The summed E-state index contributed by atoms with van der Waals surface area (Å²) in [5, 5.41) is 15.0. The minimum Gasteiger partial charge on any atom is -0.459 e. The number of halogens is 1. The average Bonchev–Trinajstić information content (AvgIpc) is 3.41. The molecular formula is C29H29FN2O6. The molecule has 1 saturated heterocycles. The summed E-state index contributed by atoms with van der Waals surface area (Å²) in [6.07, 6.45) is 2.19. The monoisotopic (exact) mass is 520 g/mol.